The fourth-order valence-corrected chi connectivity index (χ4v) is 3.18. The van der Waals surface area contributed by atoms with E-state index in [0.717, 1.165) is 11.4 Å². The highest BCUT2D eigenvalue weighted by atomic mass is 16.2. The van der Waals surface area contributed by atoms with E-state index in [4.69, 9.17) is 0 Å². The molecule has 1 unspecified atom stereocenters. The Kier molecular flexibility index (Phi) is 5.96. The van der Waals surface area contributed by atoms with Crippen molar-refractivity contribution < 1.29 is 4.79 Å². The molecular formula is C21H27N5O. The normalized spacial score (nSPS) is 17.1. The molecule has 1 heterocycles. The van der Waals surface area contributed by atoms with Gasteiger partial charge in [-0.3, -0.25) is 9.79 Å². The topological polar surface area (TPSA) is 60.0 Å². The van der Waals surface area contributed by atoms with E-state index in [9.17, 15) is 4.79 Å². The molecule has 0 bridgehead atoms. The number of guanidine groups is 1. The minimum atomic E-state index is 0.0389. The first-order chi connectivity index (χ1) is 13.1. The van der Waals surface area contributed by atoms with Crippen LogP contribution in [0.4, 0.5) is 11.4 Å². The summed E-state index contributed by atoms with van der Waals surface area (Å²) in [6.07, 6.45) is 0.464. The molecule has 2 aromatic carbocycles. The van der Waals surface area contributed by atoms with Crippen LogP contribution in [0.1, 0.15) is 12.0 Å². The van der Waals surface area contributed by atoms with Crippen LogP contribution in [-0.4, -0.2) is 45.6 Å². The fourth-order valence-electron chi connectivity index (χ4n) is 3.18. The lowest BCUT2D eigenvalue weighted by molar-refractivity contribution is -0.117. The van der Waals surface area contributed by atoms with Gasteiger partial charge in [0.05, 0.1) is 6.04 Å². The van der Waals surface area contributed by atoms with Crippen molar-refractivity contribution in [3.8, 4) is 0 Å². The molecule has 1 atom stereocenters. The highest BCUT2D eigenvalue weighted by Crippen LogP contribution is 2.21. The van der Waals surface area contributed by atoms with Crippen LogP contribution in [0, 0.1) is 0 Å². The van der Waals surface area contributed by atoms with E-state index in [1.54, 1.807) is 7.05 Å². The Labute approximate surface area is 160 Å². The third-order valence-corrected chi connectivity index (χ3v) is 4.64. The molecule has 27 heavy (non-hydrogen) atoms. The van der Waals surface area contributed by atoms with E-state index in [2.05, 4.69) is 44.8 Å². The zero-order valence-electron chi connectivity index (χ0n) is 16.1. The van der Waals surface area contributed by atoms with Gasteiger partial charge >= 0.3 is 0 Å². The maximum Gasteiger partial charge on any atom is 0.229 e. The van der Waals surface area contributed by atoms with Crippen molar-refractivity contribution >= 4 is 23.2 Å². The number of carbonyl (C=O) groups excluding carboxylic acids is 1. The Morgan fingerprint density at radius 3 is 2.67 bits per heavy atom. The predicted molar refractivity (Wildman–Crippen MR) is 111 cm³/mol. The summed E-state index contributed by atoms with van der Waals surface area (Å²) < 4.78 is 0. The molecule has 2 N–H and O–H groups in total. The molecule has 1 aliphatic rings. The monoisotopic (exact) mass is 365 g/mol. The van der Waals surface area contributed by atoms with Gasteiger partial charge in [0.2, 0.25) is 5.91 Å². The van der Waals surface area contributed by atoms with Crippen molar-refractivity contribution in [1.82, 2.24) is 10.6 Å². The van der Waals surface area contributed by atoms with Gasteiger partial charge in [-0.15, -0.1) is 0 Å². The fraction of sp³-hybridized carbons (Fsp3) is 0.333. The molecule has 1 amide bonds. The Bertz CT molecular complexity index is 803. The number of carbonyl (C=O) groups is 1. The van der Waals surface area contributed by atoms with Crippen molar-refractivity contribution in [3.63, 3.8) is 0 Å². The molecule has 0 spiro atoms. The molecule has 0 radical (unpaired) electrons. The summed E-state index contributed by atoms with van der Waals surface area (Å²) in [6, 6.07) is 18.2. The van der Waals surface area contributed by atoms with Crippen LogP contribution in [0.5, 0.6) is 0 Å². The lowest BCUT2D eigenvalue weighted by Gasteiger charge is -2.19. The largest absolute Gasteiger partial charge is 0.378 e. The molecule has 2 aromatic rings. The number of rotatable bonds is 5. The van der Waals surface area contributed by atoms with E-state index >= 15 is 0 Å². The van der Waals surface area contributed by atoms with Gasteiger partial charge in [0.1, 0.15) is 0 Å². The number of anilines is 2. The zero-order valence-corrected chi connectivity index (χ0v) is 16.1. The third kappa shape index (κ3) is 4.78. The van der Waals surface area contributed by atoms with E-state index in [1.165, 1.54) is 5.56 Å². The summed E-state index contributed by atoms with van der Waals surface area (Å²) in [4.78, 5) is 20.6. The van der Waals surface area contributed by atoms with Gasteiger partial charge < -0.3 is 20.4 Å². The van der Waals surface area contributed by atoms with Crippen molar-refractivity contribution in [2.75, 3.05) is 37.5 Å². The first kappa shape index (κ1) is 18.8. The molecule has 6 heteroatoms. The molecule has 0 aliphatic carbocycles. The first-order valence-corrected chi connectivity index (χ1v) is 9.15. The molecule has 0 saturated carbocycles. The number of amides is 1. The second kappa shape index (κ2) is 8.58. The van der Waals surface area contributed by atoms with Gasteiger partial charge in [0.25, 0.3) is 0 Å². The van der Waals surface area contributed by atoms with Crippen LogP contribution >= 0.6 is 0 Å². The lowest BCUT2D eigenvalue weighted by atomic mass is 10.2. The average Bonchev–Trinajstić information content (AvgIpc) is 3.06. The Balaban J connectivity index is 1.57. The summed E-state index contributed by atoms with van der Waals surface area (Å²) >= 11 is 0. The Hall–Kier alpha value is -3.02. The molecule has 142 valence electrons. The lowest BCUT2D eigenvalue weighted by Crippen LogP contribution is -2.44. The van der Waals surface area contributed by atoms with E-state index in [-0.39, 0.29) is 11.9 Å². The standard InChI is InChI=1S/C21H27N5O/c1-22-21(23-14-16-8-7-11-19(12-16)25(2)3)24-17-13-20(27)26(15-17)18-9-5-4-6-10-18/h4-12,17H,13-15H2,1-3H3,(H2,22,23,24). The number of hydrogen-bond acceptors (Lipinski definition) is 3. The highest BCUT2D eigenvalue weighted by Gasteiger charge is 2.30. The molecular weight excluding hydrogens is 338 g/mol. The van der Waals surface area contributed by atoms with E-state index in [0.29, 0.717) is 25.5 Å². The van der Waals surface area contributed by atoms with Gasteiger partial charge in [-0.1, -0.05) is 30.3 Å². The van der Waals surface area contributed by atoms with Crippen LogP contribution < -0.4 is 20.4 Å². The third-order valence-electron chi connectivity index (χ3n) is 4.64. The van der Waals surface area contributed by atoms with Crippen LogP contribution in [0.25, 0.3) is 0 Å². The van der Waals surface area contributed by atoms with Gasteiger partial charge in [-0.05, 0) is 29.8 Å². The average molecular weight is 365 g/mol. The van der Waals surface area contributed by atoms with Gasteiger partial charge in [-0.2, -0.15) is 0 Å². The minimum absolute atomic E-state index is 0.0389. The summed E-state index contributed by atoms with van der Waals surface area (Å²) in [5.74, 6) is 0.839. The van der Waals surface area contributed by atoms with Crippen LogP contribution in [0.3, 0.4) is 0 Å². The minimum Gasteiger partial charge on any atom is -0.378 e. The molecule has 6 nitrogen and oxygen atoms in total. The second-order valence-electron chi connectivity index (χ2n) is 6.88. The number of benzene rings is 2. The molecule has 3 rings (SSSR count). The maximum atomic E-state index is 12.4. The quantitative estimate of drug-likeness (QED) is 0.630. The van der Waals surface area contributed by atoms with Gasteiger partial charge in [-0.25, -0.2) is 0 Å². The summed E-state index contributed by atoms with van der Waals surface area (Å²) in [5, 5.41) is 6.71. The molecule has 1 fully saturated rings. The number of nitrogens with zero attached hydrogens (tertiary/aromatic N) is 3. The second-order valence-corrected chi connectivity index (χ2v) is 6.88. The summed E-state index contributed by atoms with van der Waals surface area (Å²) in [5.41, 5.74) is 3.28. The summed E-state index contributed by atoms with van der Waals surface area (Å²) in [6.45, 7) is 1.31. The summed E-state index contributed by atoms with van der Waals surface area (Å²) in [7, 11) is 5.81. The predicted octanol–water partition coefficient (Wildman–Crippen LogP) is 2.22. The number of hydrogen-bond donors (Lipinski definition) is 2. The van der Waals surface area contributed by atoms with E-state index in [1.807, 2.05) is 49.3 Å². The van der Waals surface area contributed by atoms with Crippen molar-refractivity contribution in [2.45, 2.75) is 19.0 Å². The number of aliphatic imine (C=N–C) groups is 1. The van der Waals surface area contributed by atoms with Crippen molar-refractivity contribution in [3.05, 3.63) is 60.2 Å². The highest BCUT2D eigenvalue weighted by molar-refractivity contribution is 5.97. The van der Waals surface area contributed by atoms with Crippen LogP contribution in [0.2, 0.25) is 0 Å². The first-order valence-electron chi connectivity index (χ1n) is 9.15. The van der Waals surface area contributed by atoms with Crippen LogP contribution in [0.15, 0.2) is 59.6 Å². The van der Waals surface area contributed by atoms with Gasteiger partial charge in [0.15, 0.2) is 5.96 Å². The molecule has 1 saturated heterocycles. The van der Waals surface area contributed by atoms with E-state index < -0.39 is 0 Å². The smallest absolute Gasteiger partial charge is 0.229 e. The zero-order chi connectivity index (χ0) is 19.2. The van der Waals surface area contributed by atoms with Crippen molar-refractivity contribution in [1.29, 1.82) is 0 Å². The van der Waals surface area contributed by atoms with Crippen LogP contribution in [-0.2, 0) is 11.3 Å². The van der Waals surface area contributed by atoms with Gasteiger partial charge in [0, 0.05) is 52.0 Å². The Morgan fingerprint density at radius 2 is 1.96 bits per heavy atom. The number of nitrogens with one attached hydrogen (secondary N) is 2. The van der Waals surface area contributed by atoms with Crippen molar-refractivity contribution in [2.24, 2.45) is 4.99 Å². The maximum absolute atomic E-state index is 12.4. The Morgan fingerprint density at radius 1 is 1.19 bits per heavy atom. The SMILES string of the molecule is CN=C(NCc1cccc(N(C)C)c1)NC1CC(=O)N(c2ccccc2)C1. The number of para-hydroxylation sites is 1. The molecule has 0 aromatic heterocycles. The molecule has 1 aliphatic heterocycles.